The van der Waals surface area contributed by atoms with Crippen LogP contribution in [0.4, 0.5) is 0 Å². The van der Waals surface area contributed by atoms with Crippen LogP contribution in [0.25, 0.3) is 11.3 Å². The van der Waals surface area contributed by atoms with E-state index in [4.69, 9.17) is 14.2 Å². The van der Waals surface area contributed by atoms with Crippen molar-refractivity contribution >= 4 is 29.1 Å². The quantitative estimate of drug-likeness (QED) is 0.423. The second-order valence-corrected chi connectivity index (χ2v) is 6.03. The van der Waals surface area contributed by atoms with E-state index < -0.39 is 11.9 Å². The Hall–Kier alpha value is -3.67. The van der Waals surface area contributed by atoms with E-state index in [0.717, 1.165) is 6.08 Å². The molecule has 1 aliphatic heterocycles. The highest BCUT2D eigenvalue weighted by atomic mass is 16.6. The van der Waals surface area contributed by atoms with Gasteiger partial charge in [0.15, 0.2) is 5.78 Å². The average molecular weight is 392 g/mol. The van der Waals surface area contributed by atoms with Gasteiger partial charge in [-0.3, -0.25) is 4.79 Å². The second-order valence-electron chi connectivity index (χ2n) is 6.03. The zero-order valence-electron chi connectivity index (χ0n) is 16.1. The molecule has 1 heterocycles. The highest BCUT2D eigenvalue weighted by Crippen LogP contribution is 2.38. The summed E-state index contributed by atoms with van der Waals surface area (Å²) in [5.74, 6) is -1.91. The highest BCUT2D eigenvalue weighted by molar-refractivity contribution is 6.33. The third-order valence-electron chi connectivity index (χ3n) is 4.16. The van der Waals surface area contributed by atoms with Crippen molar-refractivity contribution < 1.29 is 28.6 Å². The Morgan fingerprint density at radius 3 is 2.14 bits per heavy atom. The van der Waals surface area contributed by atoms with Gasteiger partial charge in [0.1, 0.15) is 5.76 Å². The van der Waals surface area contributed by atoms with Crippen molar-refractivity contribution in [1.29, 1.82) is 0 Å². The van der Waals surface area contributed by atoms with E-state index in [0.29, 0.717) is 16.7 Å². The van der Waals surface area contributed by atoms with Gasteiger partial charge in [-0.25, -0.2) is 9.59 Å². The Morgan fingerprint density at radius 1 is 0.862 bits per heavy atom. The van der Waals surface area contributed by atoms with Gasteiger partial charge >= 0.3 is 11.9 Å². The number of hydrogen-bond donors (Lipinski definition) is 0. The maximum atomic E-state index is 13.3. The van der Waals surface area contributed by atoms with Gasteiger partial charge in [-0.05, 0) is 13.8 Å². The molecule has 0 spiro atoms. The molecule has 6 heteroatoms. The molecule has 6 nitrogen and oxygen atoms in total. The summed E-state index contributed by atoms with van der Waals surface area (Å²) in [6.07, 6.45) is 1.16. The largest absolute Gasteiger partial charge is 0.463 e. The van der Waals surface area contributed by atoms with Crippen molar-refractivity contribution in [1.82, 2.24) is 0 Å². The highest BCUT2D eigenvalue weighted by Gasteiger charge is 2.34. The third-order valence-corrected chi connectivity index (χ3v) is 4.16. The number of esters is 2. The van der Waals surface area contributed by atoms with E-state index in [9.17, 15) is 14.4 Å². The van der Waals surface area contributed by atoms with Crippen LogP contribution < -0.4 is 0 Å². The summed E-state index contributed by atoms with van der Waals surface area (Å²) in [5, 5.41) is 0. The van der Waals surface area contributed by atoms with E-state index in [1.54, 1.807) is 68.4 Å². The molecule has 29 heavy (non-hydrogen) atoms. The number of ether oxygens (including phenoxy) is 3. The lowest BCUT2D eigenvalue weighted by molar-refractivity contribution is -0.141. The van der Waals surface area contributed by atoms with Gasteiger partial charge < -0.3 is 14.2 Å². The van der Waals surface area contributed by atoms with Gasteiger partial charge in [0.05, 0.1) is 24.9 Å². The molecule has 0 atom stereocenters. The number of carbonyl (C=O) groups excluding carboxylic acids is 3. The molecule has 148 valence electrons. The maximum absolute atomic E-state index is 13.3. The minimum atomic E-state index is -0.781. The van der Waals surface area contributed by atoms with E-state index >= 15 is 0 Å². The fraction of sp³-hybridized carbons (Fsp3) is 0.174. The second kappa shape index (κ2) is 9.01. The summed E-state index contributed by atoms with van der Waals surface area (Å²) >= 11 is 0. The van der Waals surface area contributed by atoms with Gasteiger partial charge in [-0.2, -0.15) is 0 Å². The molecule has 1 aliphatic rings. The standard InChI is InChI=1S/C23H20O6/c1-3-27-19(24)14-18-16-12-8-9-13-17(16)20(22(29-18)23(26)28-4-2)21(25)15-10-6-5-7-11-15/h5-14H,3-4H2,1-2H3/b18-14-. The van der Waals surface area contributed by atoms with Crippen molar-refractivity contribution in [3.8, 4) is 0 Å². The molecule has 0 saturated heterocycles. The molecule has 2 aromatic rings. The van der Waals surface area contributed by atoms with Crippen LogP contribution in [0.1, 0.15) is 35.3 Å². The number of rotatable bonds is 6. The Balaban J connectivity index is 2.20. The van der Waals surface area contributed by atoms with Gasteiger partial charge in [0, 0.05) is 16.7 Å². The average Bonchev–Trinajstić information content (AvgIpc) is 2.74. The first-order valence-electron chi connectivity index (χ1n) is 9.24. The first-order chi connectivity index (χ1) is 14.1. The predicted octanol–water partition coefficient (Wildman–Crippen LogP) is 3.78. The smallest absolute Gasteiger partial charge is 0.375 e. The van der Waals surface area contributed by atoms with Crippen LogP contribution >= 0.6 is 0 Å². The van der Waals surface area contributed by atoms with Crippen LogP contribution in [0.3, 0.4) is 0 Å². The summed E-state index contributed by atoms with van der Waals surface area (Å²) in [7, 11) is 0. The zero-order chi connectivity index (χ0) is 20.8. The van der Waals surface area contributed by atoms with Gasteiger partial charge in [-0.1, -0.05) is 54.6 Å². The summed E-state index contributed by atoms with van der Waals surface area (Å²) in [6, 6.07) is 15.5. The van der Waals surface area contributed by atoms with E-state index in [1.165, 1.54) is 0 Å². The summed E-state index contributed by atoms with van der Waals surface area (Å²) in [6.45, 7) is 3.65. The number of allylic oxidation sites excluding steroid dienone is 1. The number of Topliss-reactive ketones (excluding diaryl/α,β-unsaturated/α-hetero) is 1. The third kappa shape index (κ3) is 4.27. The van der Waals surface area contributed by atoms with E-state index in [-0.39, 0.29) is 36.1 Å². The SMILES string of the molecule is CCOC(=O)/C=C1\OC(C(=O)OCC)=C(C(=O)c2ccccc2)c2ccccc21. The molecular weight excluding hydrogens is 372 g/mol. The van der Waals surface area contributed by atoms with Crippen LogP contribution in [-0.2, 0) is 23.8 Å². The minimum absolute atomic E-state index is 0.0891. The fourth-order valence-electron chi connectivity index (χ4n) is 2.95. The molecule has 0 N–H and O–H groups in total. The van der Waals surface area contributed by atoms with E-state index in [1.807, 2.05) is 0 Å². The Labute approximate surface area is 168 Å². The fourth-order valence-corrected chi connectivity index (χ4v) is 2.95. The lowest BCUT2D eigenvalue weighted by Crippen LogP contribution is -2.21. The Morgan fingerprint density at radius 2 is 1.48 bits per heavy atom. The van der Waals surface area contributed by atoms with Crippen LogP contribution in [0.5, 0.6) is 0 Å². The number of fused-ring (bicyclic) bond motifs is 1. The molecule has 0 radical (unpaired) electrons. The molecule has 0 unspecified atom stereocenters. The molecule has 0 saturated carbocycles. The van der Waals surface area contributed by atoms with Crippen molar-refractivity contribution in [2.75, 3.05) is 13.2 Å². The maximum Gasteiger partial charge on any atom is 0.375 e. The molecule has 0 bridgehead atoms. The normalized spacial score (nSPS) is 14.1. The minimum Gasteiger partial charge on any atom is -0.463 e. The van der Waals surface area contributed by atoms with Crippen molar-refractivity contribution in [2.24, 2.45) is 0 Å². The first-order valence-corrected chi connectivity index (χ1v) is 9.24. The van der Waals surface area contributed by atoms with Crippen LogP contribution in [-0.4, -0.2) is 30.9 Å². The van der Waals surface area contributed by atoms with Crippen LogP contribution in [0.15, 0.2) is 66.4 Å². The molecule has 0 aromatic heterocycles. The van der Waals surface area contributed by atoms with Crippen molar-refractivity contribution in [2.45, 2.75) is 13.8 Å². The molecule has 0 fully saturated rings. The number of benzene rings is 2. The molecule has 2 aromatic carbocycles. The van der Waals surface area contributed by atoms with Gasteiger partial charge in [0.2, 0.25) is 5.76 Å². The number of carbonyl (C=O) groups is 3. The summed E-state index contributed by atoms with van der Waals surface area (Å²) < 4.78 is 15.8. The number of ketones is 1. The molecular formula is C23H20O6. The summed E-state index contributed by atoms with van der Waals surface area (Å²) in [4.78, 5) is 37.8. The molecule has 3 rings (SSSR count). The van der Waals surface area contributed by atoms with Gasteiger partial charge in [-0.15, -0.1) is 0 Å². The Bertz CT molecular complexity index is 1000. The van der Waals surface area contributed by atoms with Crippen LogP contribution in [0, 0.1) is 0 Å². The number of hydrogen-bond acceptors (Lipinski definition) is 6. The van der Waals surface area contributed by atoms with Gasteiger partial charge in [0.25, 0.3) is 0 Å². The molecule has 0 amide bonds. The van der Waals surface area contributed by atoms with Crippen molar-refractivity contribution in [3.63, 3.8) is 0 Å². The molecule has 0 aliphatic carbocycles. The predicted molar refractivity (Wildman–Crippen MR) is 106 cm³/mol. The monoisotopic (exact) mass is 392 g/mol. The topological polar surface area (TPSA) is 78.9 Å². The first kappa shape index (κ1) is 20.1. The summed E-state index contributed by atoms with van der Waals surface area (Å²) in [5.41, 5.74) is 1.48. The Kier molecular flexibility index (Phi) is 6.24. The zero-order valence-corrected chi connectivity index (χ0v) is 16.1. The van der Waals surface area contributed by atoms with Crippen molar-refractivity contribution in [3.05, 3.63) is 83.1 Å². The van der Waals surface area contributed by atoms with E-state index in [2.05, 4.69) is 0 Å². The lowest BCUT2D eigenvalue weighted by Gasteiger charge is -2.24. The lowest BCUT2D eigenvalue weighted by atomic mass is 9.89. The van der Waals surface area contributed by atoms with Crippen LogP contribution in [0.2, 0.25) is 0 Å².